The molecule has 1 aromatic carbocycles. The lowest BCUT2D eigenvalue weighted by Gasteiger charge is -2.09. The van der Waals surface area contributed by atoms with E-state index in [1.54, 1.807) is 24.3 Å². The van der Waals surface area contributed by atoms with Gasteiger partial charge in [0, 0.05) is 23.6 Å². The summed E-state index contributed by atoms with van der Waals surface area (Å²) in [6.45, 7) is 0.178. The number of halogens is 1. The molecule has 1 unspecified atom stereocenters. The van der Waals surface area contributed by atoms with Crippen molar-refractivity contribution in [1.29, 1.82) is 0 Å². The summed E-state index contributed by atoms with van der Waals surface area (Å²) in [4.78, 5) is 22.5. The lowest BCUT2D eigenvalue weighted by atomic mass is 10.2. The molecule has 5 nitrogen and oxygen atoms in total. The molecule has 1 amide bonds. The Morgan fingerprint density at radius 1 is 1.39 bits per heavy atom. The molecule has 0 spiro atoms. The summed E-state index contributed by atoms with van der Waals surface area (Å²) < 4.78 is 4.35. The summed E-state index contributed by atoms with van der Waals surface area (Å²) in [5.74, 6) is -1.00. The molecule has 0 radical (unpaired) electrons. The van der Waals surface area contributed by atoms with E-state index >= 15 is 0 Å². The summed E-state index contributed by atoms with van der Waals surface area (Å²) in [6, 6.07) is 6.41. The topological polar surface area (TPSA) is 75.6 Å². The van der Waals surface area contributed by atoms with Crippen molar-refractivity contribution in [2.45, 2.75) is 12.5 Å². The smallest absolute Gasteiger partial charge is 0.334 e. The molecule has 0 heterocycles. The van der Waals surface area contributed by atoms with Gasteiger partial charge in [0.1, 0.15) is 0 Å². The molecule has 0 fully saturated rings. The van der Waals surface area contributed by atoms with Crippen molar-refractivity contribution in [3.63, 3.8) is 0 Å². The van der Waals surface area contributed by atoms with Crippen molar-refractivity contribution in [3.05, 3.63) is 34.9 Å². The van der Waals surface area contributed by atoms with E-state index in [1.165, 1.54) is 7.11 Å². The average Bonchev–Trinajstić information content (AvgIpc) is 2.38. The second-order valence-electron chi connectivity index (χ2n) is 3.59. The van der Waals surface area contributed by atoms with Crippen LogP contribution in [0.4, 0.5) is 0 Å². The van der Waals surface area contributed by atoms with Crippen LogP contribution in [0.1, 0.15) is 16.8 Å². The van der Waals surface area contributed by atoms with Gasteiger partial charge < -0.3 is 15.2 Å². The van der Waals surface area contributed by atoms with Crippen molar-refractivity contribution < 1.29 is 19.4 Å². The van der Waals surface area contributed by atoms with Crippen LogP contribution in [0.5, 0.6) is 0 Å². The molecule has 1 atom stereocenters. The standard InChI is InChI=1S/C12H14ClNO4/c1-18-12(17)10(15)6-7-14-11(16)8-2-4-9(13)5-3-8/h2-5,10,15H,6-7H2,1H3,(H,14,16). The van der Waals surface area contributed by atoms with Gasteiger partial charge in [-0.2, -0.15) is 0 Å². The monoisotopic (exact) mass is 271 g/mol. The fraction of sp³-hybridized carbons (Fsp3) is 0.333. The van der Waals surface area contributed by atoms with Gasteiger partial charge in [0.15, 0.2) is 6.10 Å². The molecule has 6 heteroatoms. The molecule has 0 saturated heterocycles. The molecule has 0 aliphatic carbocycles. The molecular formula is C12H14ClNO4. The molecule has 0 saturated carbocycles. The van der Waals surface area contributed by atoms with Crippen molar-refractivity contribution in [2.24, 2.45) is 0 Å². The van der Waals surface area contributed by atoms with E-state index in [-0.39, 0.29) is 18.9 Å². The third kappa shape index (κ3) is 4.35. The van der Waals surface area contributed by atoms with Crippen molar-refractivity contribution in [1.82, 2.24) is 5.32 Å². The first-order valence-corrected chi connectivity index (χ1v) is 5.72. The number of aliphatic hydroxyl groups excluding tert-OH is 1. The Morgan fingerprint density at radius 2 is 2.00 bits per heavy atom. The first kappa shape index (κ1) is 14.5. The third-order valence-corrected chi connectivity index (χ3v) is 2.53. The number of ether oxygens (including phenoxy) is 1. The minimum atomic E-state index is -1.22. The highest BCUT2D eigenvalue weighted by molar-refractivity contribution is 6.30. The molecule has 1 rings (SSSR count). The van der Waals surface area contributed by atoms with E-state index in [1.807, 2.05) is 0 Å². The van der Waals surface area contributed by atoms with Gasteiger partial charge in [-0.3, -0.25) is 4.79 Å². The quantitative estimate of drug-likeness (QED) is 0.783. The number of carbonyl (C=O) groups is 2. The highest BCUT2D eigenvalue weighted by Gasteiger charge is 2.15. The SMILES string of the molecule is COC(=O)C(O)CCNC(=O)c1ccc(Cl)cc1. The van der Waals surface area contributed by atoms with Gasteiger partial charge in [-0.1, -0.05) is 11.6 Å². The minimum Gasteiger partial charge on any atom is -0.467 e. The zero-order chi connectivity index (χ0) is 13.5. The predicted molar refractivity (Wildman–Crippen MR) is 66.4 cm³/mol. The van der Waals surface area contributed by atoms with E-state index in [2.05, 4.69) is 10.1 Å². The fourth-order valence-corrected chi connectivity index (χ4v) is 1.41. The van der Waals surface area contributed by atoms with Crippen LogP contribution in [0.2, 0.25) is 5.02 Å². The Bertz CT molecular complexity index is 419. The molecule has 18 heavy (non-hydrogen) atoms. The predicted octanol–water partition coefficient (Wildman–Crippen LogP) is 0.994. The number of amides is 1. The average molecular weight is 272 g/mol. The number of hydrogen-bond donors (Lipinski definition) is 2. The van der Waals surface area contributed by atoms with Crippen LogP contribution in [0.15, 0.2) is 24.3 Å². The van der Waals surface area contributed by atoms with Gasteiger partial charge in [-0.15, -0.1) is 0 Å². The number of hydrogen-bond acceptors (Lipinski definition) is 4. The Labute approximate surface area is 110 Å². The Hall–Kier alpha value is -1.59. The van der Waals surface area contributed by atoms with Crippen LogP contribution in [0, 0.1) is 0 Å². The Balaban J connectivity index is 2.38. The normalized spacial score (nSPS) is 11.7. The second-order valence-corrected chi connectivity index (χ2v) is 4.03. The van der Waals surface area contributed by atoms with Crippen LogP contribution >= 0.6 is 11.6 Å². The molecule has 0 aliphatic rings. The molecule has 0 aliphatic heterocycles. The van der Waals surface area contributed by atoms with Gasteiger partial charge in [-0.05, 0) is 24.3 Å². The first-order chi connectivity index (χ1) is 8.54. The maximum absolute atomic E-state index is 11.6. The van der Waals surface area contributed by atoms with E-state index in [4.69, 9.17) is 11.6 Å². The maximum atomic E-state index is 11.6. The first-order valence-electron chi connectivity index (χ1n) is 5.34. The molecule has 98 valence electrons. The van der Waals surface area contributed by atoms with Crippen LogP contribution in [-0.2, 0) is 9.53 Å². The highest BCUT2D eigenvalue weighted by atomic mass is 35.5. The molecule has 1 aromatic rings. The number of methoxy groups -OCH3 is 1. The third-order valence-electron chi connectivity index (χ3n) is 2.28. The number of carbonyl (C=O) groups excluding carboxylic acids is 2. The highest BCUT2D eigenvalue weighted by Crippen LogP contribution is 2.09. The summed E-state index contributed by atoms with van der Waals surface area (Å²) in [7, 11) is 1.19. The molecule has 0 aromatic heterocycles. The van der Waals surface area contributed by atoms with Gasteiger partial charge in [0.2, 0.25) is 0 Å². The summed E-state index contributed by atoms with van der Waals surface area (Å²) in [5, 5.41) is 12.4. The van der Waals surface area contributed by atoms with Crippen LogP contribution in [-0.4, -0.2) is 36.7 Å². The summed E-state index contributed by atoms with van der Waals surface area (Å²) in [5.41, 5.74) is 0.465. The van der Waals surface area contributed by atoms with Crippen LogP contribution in [0.25, 0.3) is 0 Å². The summed E-state index contributed by atoms with van der Waals surface area (Å²) in [6.07, 6.45) is -1.12. The molecule has 0 bridgehead atoms. The van der Waals surface area contributed by atoms with Gasteiger partial charge in [0.05, 0.1) is 7.11 Å². The van der Waals surface area contributed by atoms with E-state index in [9.17, 15) is 14.7 Å². The Kier molecular flexibility index (Phi) is 5.61. The van der Waals surface area contributed by atoms with Crippen LogP contribution in [0.3, 0.4) is 0 Å². The lowest BCUT2D eigenvalue weighted by molar-refractivity contribution is -0.150. The molecular weight excluding hydrogens is 258 g/mol. The minimum absolute atomic E-state index is 0.103. The van der Waals surface area contributed by atoms with E-state index in [0.717, 1.165) is 0 Å². The number of aliphatic hydroxyl groups is 1. The van der Waals surface area contributed by atoms with Crippen molar-refractivity contribution in [2.75, 3.05) is 13.7 Å². The number of nitrogens with one attached hydrogen (secondary N) is 1. The van der Waals surface area contributed by atoms with Crippen molar-refractivity contribution >= 4 is 23.5 Å². The Morgan fingerprint density at radius 3 is 2.56 bits per heavy atom. The number of rotatable bonds is 5. The maximum Gasteiger partial charge on any atom is 0.334 e. The summed E-state index contributed by atoms with van der Waals surface area (Å²) >= 11 is 5.70. The van der Waals surface area contributed by atoms with Crippen LogP contribution < -0.4 is 5.32 Å². The van der Waals surface area contributed by atoms with E-state index in [0.29, 0.717) is 10.6 Å². The van der Waals surface area contributed by atoms with Gasteiger partial charge in [-0.25, -0.2) is 4.79 Å². The number of benzene rings is 1. The van der Waals surface area contributed by atoms with E-state index < -0.39 is 12.1 Å². The number of esters is 1. The zero-order valence-electron chi connectivity index (χ0n) is 9.85. The van der Waals surface area contributed by atoms with Crippen molar-refractivity contribution in [3.8, 4) is 0 Å². The van der Waals surface area contributed by atoms with Gasteiger partial charge >= 0.3 is 5.97 Å². The van der Waals surface area contributed by atoms with Gasteiger partial charge in [0.25, 0.3) is 5.91 Å². The largest absolute Gasteiger partial charge is 0.467 e. The molecule has 2 N–H and O–H groups in total. The second kappa shape index (κ2) is 6.98. The lowest BCUT2D eigenvalue weighted by Crippen LogP contribution is -2.30. The fourth-order valence-electron chi connectivity index (χ4n) is 1.28. The zero-order valence-corrected chi connectivity index (χ0v) is 10.6.